The SMILES string of the molecule is CCC1CCCN1c1ccc(CNC2CC2)nn1. The van der Waals surface area contributed by atoms with Crippen molar-refractivity contribution in [3.63, 3.8) is 0 Å². The summed E-state index contributed by atoms with van der Waals surface area (Å²) < 4.78 is 0. The van der Waals surface area contributed by atoms with E-state index in [4.69, 9.17) is 0 Å². The Bertz CT molecular complexity index is 385. The summed E-state index contributed by atoms with van der Waals surface area (Å²) in [7, 11) is 0. The molecule has 1 unspecified atom stereocenters. The van der Waals surface area contributed by atoms with Crippen molar-refractivity contribution < 1.29 is 0 Å². The summed E-state index contributed by atoms with van der Waals surface area (Å²) in [6.07, 6.45) is 6.41. The molecule has 0 radical (unpaired) electrons. The molecule has 18 heavy (non-hydrogen) atoms. The van der Waals surface area contributed by atoms with Gasteiger partial charge in [-0.1, -0.05) is 6.92 Å². The normalized spacial score (nSPS) is 23.6. The maximum atomic E-state index is 4.39. The van der Waals surface area contributed by atoms with Crippen LogP contribution in [-0.2, 0) is 6.54 Å². The molecule has 4 nitrogen and oxygen atoms in total. The molecule has 2 fully saturated rings. The monoisotopic (exact) mass is 246 g/mol. The van der Waals surface area contributed by atoms with E-state index in [0.717, 1.165) is 30.6 Å². The Balaban J connectivity index is 1.62. The second-order valence-corrected chi connectivity index (χ2v) is 5.44. The summed E-state index contributed by atoms with van der Waals surface area (Å²) in [5.74, 6) is 1.05. The van der Waals surface area contributed by atoms with Gasteiger partial charge in [0.05, 0.1) is 5.69 Å². The van der Waals surface area contributed by atoms with Crippen LogP contribution in [0.1, 0.15) is 44.7 Å². The first-order valence-corrected chi connectivity index (χ1v) is 7.19. The van der Waals surface area contributed by atoms with Gasteiger partial charge in [0, 0.05) is 25.2 Å². The van der Waals surface area contributed by atoms with E-state index in [2.05, 4.69) is 39.5 Å². The zero-order chi connectivity index (χ0) is 12.4. The van der Waals surface area contributed by atoms with E-state index in [0.29, 0.717) is 6.04 Å². The van der Waals surface area contributed by atoms with E-state index in [9.17, 15) is 0 Å². The zero-order valence-electron chi connectivity index (χ0n) is 11.1. The molecule has 0 amide bonds. The molecule has 2 aliphatic rings. The minimum atomic E-state index is 0.662. The van der Waals surface area contributed by atoms with Crippen LogP contribution in [0.4, 0.5) is 5.82 Å². The van der Waals surface area contributed by atoms with Crippen LogP contribution in [0, 0.1) is 0 Å². The summed E-state index contributed by atoms with van der Waals surface area (Å²) in [6.45, 7) is 4.24. The first-order chi connectivity index (χ1) is 8.86. The van der Waals surface area contributed by atoms with E-state index >= 15 is 0 Å². The number of rotatable bonds is 5. The summed E-state index contributed by atoms with van der Waals surface area (Å²) >= 11 is 0. The van der Waals surface area contributed by atoms with Gasteiger partial charge in [-0.25, -0.2) is 0 Å². The fourth-order valence-corrected chi connectivity index (χ4v) is 2.70. The summed E-state index contributed by atoms with van der Waals surface area (Å²) in [5.41, 5.74) is 1.05. The van der Waals surface area contributed by atoms with Crippen LogP contribution in [0.5, 0.6) is 0 Å². The van der Waals surface area contributed by atoms with Crippen molar-refractivity contribution >= 4 is 5.82 Å². The Hall–Kier alpha value is -1.16. The Morgan fingerprint density at radius 3 is 2.83 bits per heavy atom. The lowest BCUT2D eigenvalue weighted by molar-refractivity contribution is 0.631. The molecule has 1 aliphatic heterocycles. The molecule has 98 valence electrons. The lowest BCUT2D eigenvalue weighted by atomic mass is 10.2. The molecule has 1 saturated carbocycles. The van der Waals surface area contributed by atoms with Crippen molar-refractivity contribution in [2.75, 3.05) is 11.4 Å². The number of nitrogens with one attached hydrogen (secondary N) is 1. The van der Waals surface area contributed by atoms with Crippen molar-refractivity contribution in [2.45, 2.75) is 57.7 Å². The van der Waals surface area contributed by atoms with Crippen LogP contribution >= 0.6 is 0 Å². The molecular weight excluding hydrogens is 224 g/mol. The first-order valence-electron chi connectivity index (χ1n) is 7.19. The highest BCUT2D eigenvalue weighted by Gasteiger charge is 2.24. The lowest BCUT2D eigenvalue weighted by Gasteiger charge is -2.24. The topological polar surface area (TPSA) is 41.0 Å². The summed E-state index contributed by atoms with van der Waals surface area (Å²) in [5, 5.41) is 12.2. The molecule has 0 aromatic carbocycles. The Morgan fingerprint density at radius 1 is 1.28 bits per heavy atom. The van der Waals surface area contributed by atoms with Crippen LogP contribution < -0.4 is 10.2 Å². The third-order valence-electron chi connectivity index (χ3n) is 4.00. The van der Waals surface area contributed by atoms with Gasteiger partial charge in [0.1, 0.15) is 0 Å². The molecule has 1 aromatic rings. The van der Waals surface area contributed by atoms with E-state index in [1.54, 1.807) is 0 Å². The van der Waals surface area contributed by atoms with Crippen molar-refractivity contribution in [2.24, 2.45) is 0 Å². The molecule has 1 aromatic heterocycles. The van der Waals surface area contributed by atoms with Crippen molar-refractivity contribution in [1.29, 1.82) is 0 Å². The number of hydrogen-bond acceptors (Lipinski definition) is 4. The molecule has 0 spiro atoms. The van der Waals surface area contributed by atoms with Crippen LogP contribution in [0.3, 0.4) is 0 Å². The molecule has 1 saturated heterocycles. The number of hydrogen-bond donors (Lipinski definition) is 1. The molecule has 1 N–H and O–H groups in total. The maximum absolute atomic E-state index is 4.39. The van der Waals surface area contributed by atoms with Crippen LogP contribution in [0.15, 0.2) is 12.1 Å². The number of aromatic nitrogens is 2. The summed E-state index contributed by atoms with van der Waals surface area (Å²) in [6, 6.07) is 5.64. The number of nitrogens with zero attached hydrogens (tertiary/aromatic N) is 3. The van der Waals surface area contributed by atoms with Crippen molar-refractivity contribution in [3.8, 4) is 0 Å². The van der Waals surface area contributed by atoms with Gasteiger partial charge >= 0.3 is 0 Å². The Morgan fingerprint density at radius 2 is 2.17 bits per heavy atom. The molecule has 2 heterocycles. The molecule has 3 rings (SSSR count). The zero-order valence-corrected chi connectivity index (χ0v) is 11.1. The van der Waals surface area contributed by atoms with Gasteiger partial charge in [0.2, 0.25) is 0 Å². The highest BCUT2D eigenvalue weighted by molar-refractivity contribution is 5.40. The largest absolute Gasteiger partial charge is 0.352 e. The molecule has 1 aliphatic carbocycles. The van der Waals surface area contributed by atoms with Crippen molar-refractivity contribution in [1.82, 2.24) is 15.5 Å². The average molecular weight is 246 g/mol. The Kier molecular flexibility index (Phi) is 3.46. The fraction of sp³-hybridized carbons (Fsp3) is 0.714. The van der Waals surface area contributed by atoms with Gasteiger partial charge in [-0.05, 0) is 44.2 Å². The smallest absolute Gasteiger partial charge is 0.151 e. The third-order valence-corrected chi connectivity index (χ3v) is 4.00. The van der Waals surface area contributed by atoms with Gasteiger partial charge < -0.3 is 10.2 Å². The van der Waals surface area contributed by atoms with Gasteiger partial charge in [0.25, 0.3) is 0 Å². The molecular formula is C14H22N4. The Labute approximate surface area is 109 Å². The average Bonchev–Trinajstić information content (AvgIpc) is 3.12. The standard InChI is InChI=1S/C14H22N4/c1-2-13-4-3-9-18(13)14-8-7-12(16-17-14)10-15-11-5-6-11/h7-8,11,13,15H,2-6,9-10H2,1H3. The molecule has 4 heteroatoms. The maximum Gasteiger partial charge on any atom is 0.151 e. The van der Waals surface area contributed by atoms with E-state index in [1.807, 2.05) is 0 Å². The summed E-state index contributed by atoms with van der Waals surface area (Å²) in [4.78, 5) is 2.41. The van der Waals surface area contributed by atoms with E-state index < -0.39 is 0 Å². The van der Waals surface area contributed by atoms with Gasteiger partial charge in [-0.3, -0.25) is 0 Å². The van der Waals surface area contributed by atoms with Gasteiger partial charge in [-0.2, -0.15) is 5.10 Å². The van der Waals surface area contributed by atoms with E-state index in [-0.39, 0.29) is 0 Å². The second-order valence-electron chi connectivity index (χ2n) is 5.44. The predicted octanol–water partition coefficient (Wildman–Crippen LogP) is 2.11. The first kappa shape index (κ1) is 11.9. The third kappa shape index (κ3) is 2.64. The predicted molar refractivity (Wildman–Crippen MR) is 72.6 cm³/mol. The van der Waals surface area contributed by atoms with E-state index in [1.165, 1.54) is 32.1 Å². The number of anilines is 1. The molecule has 1 atom stereocenters. The minimum Gasteiger partial charge on any atom is -0.352 e. The van der Waals surface area contributed by atoms with Crippen molar-refractivity contribution in [3.05, 3.63) is 17.8 Å². The quantitative estimate of drug-likeness (QED) is 0.864. The second kappa shape index (κ2) is 5.22. The highest BCUT2D eigenvalue weighted by Crippen LogP contribution is 2.25. The lowest BCUT2D eigenvalue weighted by Crippen LogP contribution is -2.29. The fourth-order valence-electron chi connectivity index (χ4n) is 2.70. The molecule has 0 bridgehead atoms. The minimum absolute atomic E-state index is 0.662. The van der Waals surface area contributed by atoms with Crippen LogP contribution in [0.25, 0.3) is 0 Å². The highest BCUT2D eigenvalue weighted by atomic mass is 15.3. The van der Waals surface area contributed by atoms with Gasteiger partial charge in [0.15, 0.2) is 5.82 Å². The van der Waals surface area contributed by atoms with Gasteiger partial charge in [-0.15, -0.1) is 5.10 Å². The van der Waals surface area contributed by atoms with Crippen LogP contribution in [0.2, 0.25) is 0 Å². The van der Waals surface area contributed by atoms with Crippen LogP contribution in [-0.4, -0.2) is 28.8 Å².